The number of carbonyl (C=O) groups is 1. The lowest BCUT2D eigenvalue weighted by molar-refractivity contribution is -0.117. The lowest BCUT2D eigenvalue weighted by atomic mass is 10.2. The van der Waals surface area contributed by atoms with Gasteiger partial charge in [-0.25, -0.2) is 0 Å². The van der Waals surface area contributed by atoms with Crippen LogP contribution in [-0.2, 0) is 9.53 Å². The third-order valence-electron chi connectivity index (χ3n) is 2.35. The summed E-state index contributed by atoms with van der Waals surface area (Å²) in [5, 5.41) is 2.70. The van der Waals surface area contributed by atoms with Gasteiger partial charge in [-0.3, -0.25) is 4.79 Å². The second kappa shape index (κ2) is 4.92. The van der Waals surface area contributed by atoms with Crippen LogP contribution in [0.5, 0.6) is 11.5 Å². The van der Waals surface area contributed by atoms with E-state index in [0.29, 0.717) is 29.5 Å². The van der Waals surface area contributed by atoms with Crippen LogP contribution in [0.15, 0.2) is 12.1 Å². The average Bonchev–Trinajstić information content (AvgIpc) is 2.74. The maximum Gasteiger partial charge on any atom is 0.231 e. The van der Waals surface area contributed by atoms with E-state index in [4.69, 9.17) is 19.9 Å². The van der Waals surface area contributed by atoms with Crippen molar-refractivity contribution in [2.75, 3.05) is 31.6 Å². The van der Waals surface area contributed by atoms with E-state index in [1.807, 2.05) is 0 Å². The lowest BCUT2D eigenvalue weighted by Crippen LogP contribution is -2.14. The number of amides is 1. The highest BCUT2D eigenvalue weighted by atomic mass is 16.7. The molecule has 0 aliphatic carbocycles. The second-order valence-electron chi connectivity index (χ2n) is 3.58. The van der Waals surface area contributed by atoms with Crippen molar-refractivity contribution in [1.29, 1.82) is 0 Å². The van der Waals surface area contributed by atoms with Crippen LogP contribution in [0.3, 0.4) is 0 Å². The Balaban J connectivity index is 2.08. The van der Waals surface area contributed by atoms with Crippen molar-refractivity contribution in [3.63, 3.8) is 0 Å². The van der Waals surface area contributed by atoms with Crippen LogP contribution in [0.2, 0.25) is 0 Å². The van der Waals surface area contributed by atoms with E-state index in [2.05, 4.69) is 5.32 Å². The molecule has 0 radical (unpaired) electrons. The smallest absolute Gasteiger partial charge is 0.231 e. The highest BCUT2D eigenvalue weighted by Gasteiger charge is 2.16. The molecule has 6 nitrogen and oxygen atoms in total. The number of ether oxygens (including phenoxy) is 3. The van der Waals surface area contributed by atoms with E-state index in [-0.39, 0.29) is 19.1 Å². The number of rotatable bonds is 4. The number of nitrogens with two attached hydrogens (primary N) is 1. The van der Waals surface area contributed by atoms with E-state index in [1.54, 1.807) is 19.2 Å². The van der Waals surface area contributed by atoms with Gasteiger partial charge in [0.2, 0.25) is 12.7 Å². The second-order valence-corrected chi connectivity index (χ2v) is 3.58. The summed E-state index contributed by atoms with van der Waals surface area (Å²) in [4.78, 5) is 11.5. The highest BCUT2D eigenvalue weighted by molar-refractivity contribution is 5.94. The molecule has 2 rings (SSSR count). The first-order valence-electron chi connectivity index (χ1n) is 5.18. The highest BCUT2D eigenvalue weighted by Crippen LogP contribution is 2.38. The molecule has 1 aromatic carbocycles. The molecule has 1 aromatic rings. The number of methoxy groups -OCH3 is 1. The molecular formula is C11H14N2O4. The van der Waals surface area contributed by atoms with Crippen molar-refractivity contribution < 1.29 is 19.0 Å². The van der Waals surface area contributed by atoms with Gasteiger partial charge in [0.15, 0.2) is 11.5 Å². The molecule has 1 heterocycles. The molecule has 0 bridgehead atoms. The van der Waals surface area contributed by atoms with Crippen LogP contribution in [0.1, 0.15) is 6.42 Å². The van der Waals surface area contributed by atoms with Crippen molar-refractivity contribution in [3.05, 3.63) is 12.1 Å². The maximum absolute atomic E-state index is 11.5. The molecular weight excluding hydrogens is 224 g/mol. The molecule has 6 heteroatoms. The van der Waals surface area contributed by atoms with Crippen LogP contribution in [0.25, 0.3) is 0 Å². The summed E-state index contributed by atoms with van der Waals surface area (Å²) in [7, 11) is 1.54. The van der Waals surface area contributed by atoms with Crippen molar-refractivity contribution >= 4 is 17.3 Å². The third kappa shape index (κ3) is 2.59. The number of nitrogens with one attached hydrogen (secondary N) is 1. The predicted octanol–water partition coefficient (Wildman–Crippen LogP) is 0.972. The Kier molecular flexibility index (Phi) is 3.34. The van der Waals surface area contributed by atoms with Crippen LogP contribution in [0.4, 0.5) is 11.4 Å². The SMILES string of the molecule is COCCC(=O)Nc1cc2c(cc1N)OCO2. The van der Waals surface area contributed by atoms with Gasteiger partial charge in [-0.2, -0.15) is 0 Å². The molecule has 0 saturated carbocycles. The van der Waals surface area contributed by atoms with Crippen molar-refractivity contribution in [1.82, 2.24) is 0 Å². The minimum atomic E-state index is -0.155. The van der Waals surface area contributed by atoms with Gasteiger partial charge in [0.05, 0.1) is 24.4 Å². The summed E-state index contributed by atoms with van der Waals surface area (Å²) in [6.45, 7) is 0.548. The van der Waals surface area contributed by atoms with Crippen LogP contribution >= 0.6 is 0 Å². The monoisotopic (exact) mass is 238 g/mol. The van der Waals surface area contributed by atoms with Gasteiger partial charge >= 0.3 is 0 Å². The van der Waals surface area contributed by atoms with E-state index >= 15 is 0 Å². The molecule has 0 aromatic heterocycles. The zero-order chi connectivity index (χ0) is 12.3. The summed E-state index contributed by atoms with van der Waals surface area (Å²) in [6.07, 6.45) is 0.282. The van der Waals surface area contributed by atoms with Gasteiger partial charge in [-0.15, -0.1) is 0 Å². The van der Waals surface area contributed by atoms with Gasteiger partial charge in [0.25, 0.3) is 0 Å². The van der Waals surface area contributed by atoms with Gasteiger partial charge < -0.3 is 25.3 Å². The maximum atomic E-state index is 11.5. The first-order chi connectivity index (χ1) is 8.20. The molecule has 0 unspecified atom stereocenters. The Morgan fingerprint density at radius 1 is 1.47 bits per heavy atom. The Hall–Kier alpha value is -1.95. The molecule has 0 saturated heterocycles. The summed E-state index contributed by atoms with van der Waals surface area (Å²) >= 11 is 0. The summed E-state index contributed by atoms with van der Waals surface area (Å²) < 4.78 is 15.2. The van der Waals surface area contributed by atoms with Gasteiger partial charge in [-0.1, -0.05) is 0 Å². The lowest BCUT2D eigenvalue weighted by Gasteiger charge is -2.09. The molecule has 1 amide bonds. The molecule has 92 valence electrons. The first kappa shape index (κ1) is 11.5. The van der Waals surface area contributed by atoms with Crippen molar-refractivity contribution in [2.24, 2.45) is 0 Å². The quantitative estimate of drug-likeness (QED) is 0.764. The summed E-state index contributed by atoms with van der Waals surface area (Å²) in [6, 6.07) is 3.29. The molecule has 0 atom stereocenters. The largest absolute Gasteiger partial charge is 0.454 e. The molecule has 3 N–H and O–H groups in total. The standard InChI is InChI=1S/C11H14N2O4/c1-15-3-2-11(14)13-8-5-10-9(4-7(8)12)16-6-17-10/h4-5H,2-3,6,12H2,1H3,(H,13,14). The minimum Gasteiger partial charge on any atom is -0.454 e. The van der Waals surface area contributed by atoms with Gasteiger partial charge in [0, 0.05) is 19.2 Å². The fourth-order valence-corrected chi connectivity index (χ4v) is 1.47. The zero-order valence-corrected chi connectivity index (χ0v) is 9.49. The summed E-state index contributed by atoms with van der Waals surface area (Å²) in [5.41, 5.74) is 6.76. The Bertz CT molecular complexity index is 434. The van der Waals surface area contributed by atoms with Gasteiger partial charge in [0.1, 0.15) is 0 Å². The predicted molar refractivity (Wildman–Crippen MR) is 62.1 cm³/mol. The van der Waals surface area contributed by atoms with Crippen LogP contribution in [0, 0.1) is 0 Å². The number of anilines is 2. The fourth-order valence-electron chi connectivity index (χ4n) is 1.47. The van der Waals surface area contributed by atoms with Crippen molar-refractivity contribution in [3.8, 4) is 11.5 Å². The normalized spacial score (nSPS) is 12.5. The number of nitrogen functional groups attached to an aromatic ring is 1. The third-order valence-corrected chi connectivity index (χ3v) is 2.35. The van der Waals surface area contributed by atoms with E-state index in [9.17, 15) is 4.79 Å². The molecule has 17 heavy (non-hydrogen) atoms. The number of hydrogen-bond acceptors (Lipinski definition) is 5. The Morgan fingerprint density at radius 2 is 2.18 bits per heavy atom. The van der Waals surface area contributed by atoms with E-state index in [1.165, 1.54) is 0 Å². The number of fused-ring (bicyclic) bond motifs is 1. The average molecular weight is 238 g/mol. The molecule has 0 spiro atoms. The van der Waals surface area contributed by atoms with Crippen molar-refractivity contribution in [2.45, 2.75) is 6.42 Å². The van der Waals surface area contributed by atoms with Crippen LogP contribution in [-0.4, -0.2) is 26.4 Å². The molecule has 0 fully saturated rings. The number of benzene rings is 1. The van der Waals surface area contributed by atoms with E-state index < -0.39 is 0 Å². The minimum absolute atomic E-state index is 0.155. The summed E-state index contributed by atoms with van der Waals surface area (Å²) in [5.74, 6) is 1.02. The van der Waals surface area contributed by atoms with Crippen LogP contribution < -0.4 is 20.5 Å². The topological polar surface area (TPSA) is 82.8 Å². The first-order valence-corrected chi connectivity index (χ1v) is 5.18. The fraction of sp³-hybridized carbons (Fsp3) is 0.364. The molecule has 1 aliphatic heterocycles. The number of hydrogen-bond donors (Lipinski definition) is 2. The Morgan fingerprint density at radius 3 is 2.88 bits per heavy atom. The van der Waals surface area contributed by atoms with Gasteiger partial charge in [-0.05, 0) is 0 Å². The number of carbonyl (C=O) groups excluding carboxylic acids is 1. The Labute approximate surface area is 98.6 Å². The molecule has 1 aliphatic rings. The van der Waals surface area contributed by atoms with E-state index in [0.717, 1.165) is 0 Å². The zero-order valence-electron chi connectivity index (χ0n) is 9.49.